The van der Waals surface area contributed by atoms with Gasteiger partial charge in [0.25, 0.3) is 0 Å². The summed E-state index contributed by atoms with van der Waals surface area (Å²) in [4.78, 5) is 0. The van der Waals surface area contributed by atoms with Crippen LogP contribution in [0.1, 0.15) is 51.9 Å². The van der Waals surface area contributed by atoms with Gasteiger partial charge in [-0.1, -0.05) is 0 Å². The molecule has 3 aliphatic heterocycles. The first-order valence-electron chi connectivity index (χ1n) is 8.17. The summed E-state index contributed by atoms with van der Waals surface area (Å²) in [5.74, 6) is 2.75. The van der Waals surface area contributed by atoms with E-state index < -0.39 is 0 Å². The molecule has 116 valence electrons. The van der Waals surface area contributed by atoms with Crippen LogP contribution >= 0.6 is 11.8 Å². The molecular weight excluding hydrogens is 272 g/mol. The quantitative estimate of drug-likeness (QED) is 0.851. The van der Waals surface area contributed by atoms with Gasteiger partial charge in [-0.05, 0) is 69.3 Å². The van der Waals surface area contributed by atoms with Crippen LogP contribution in [0.3, 0.4) is 0 Å². The third-order valence-electron chi connectivity index (χ3n) is 5.51. The molecule has 0 aliphatic carbocycles. The van der Waals surface area contributed by atoms with Crippen molar-refractivity contribution in [3.63, 3.8) is 0 Å². The Hall–Kier alpha value is 0.230. The van der Waals surface area contributed by atoms with E-state index in [-0.39, 0.29) is 17.3 Å². The Balaban J connectivity index is 1.66. The predicted octanol–water partition coefficient (Wildman–Crippen LogP) is 3.00. The van der Waals surface area contributed by atoms with Crippen LogP contribution in [-0.2, 0) is 9.47 Å². The minimum atomic E-state index is -0.335. The van der Waals surface area contributed by atoms with Crippen LogP contribution in [0.15, 0.2) is 0 Å². The van der Waals surface area contributed by atoms with Crippen molar-refractivity contribution in [2.45, 2.75) is 69.2 Å². The van der Waals surface area contributed by atoms with Gasteiger partial charge in [0.1, 0.15) is 0 Å². The van der Waals surface area contributed by atoms with E-state index in [2.05, 4.69) is 6.92 Å². The molecule has 0 aromatic heterocycles. The van der Waals surface area contributed by atoms with E-state index >= 15 is 0 Å². The van der Waals surface area contributed by atoms with E-state index in [1.54, 1.807) is 0 Å². The molecule has 3 atom stereocenters. The fraction of sp³-hybridized carbons (Fsp3) is 1.00. The van der Waals surface area contributed by atoms with Gasteiger partial charge >= 0.3 is 0 Å². The summed E-state index contributed by atoms with van der Waals surface area (Å²) >= 11 is 2.03. The molecule has 3 heterocycles. The van der Waals surface area contributed by atoms with E-state index in [1.807, 2.05) is 11.8 Å². The average Bonchev–Trinajstić information content (AvgIpc) is 2.48. The predicted molar refractivity (Wildman–Crippen MR) is 82.2 cm³/mol. The van der Waals surface area contributed by atoms with Gasteiger partial charge < -0.3 is 14.6 Å². The summed E-state index contributed by atoms with van der Waals surface area (Å²) in [6.45, 7) is 3.72. The molecule has 20 heavy (non-hydrogen) atoms. The maximum absolute atomic E-state index is 10.9. The molecule has 1 N–H and O–H groups in total. The van der Waals surface area contributed by atoms with Gasteiger partial charge in [0.05, 0.1) is 17.3 Å². The summed E-state index contributed by atoms with van der Waals surface area (Å²) < 4.78 is 12.1. The highest BCUT2D eigenvalue weighted by Gasteiger charge is 2.46. The Morgan fingerprint density at radius 1 is 1.10 bits per heavy atom. The molecule has 3 unspecified atom stereocenters. The zero-order chi connectivity index (χ0) is 14.1. The van der Waals surface area contributed by atoms with Crippen molar-refractivity contribution in [3.05, 3.63) is 0 Å². The normalized spacial score (nSPS) is 39.6. The molecule has 3 rings (SSSR count). The van der Waals surface area contributed by atoms with Crippen molar-refractivity contribution in [1.82, 2.24) is 0 Å². The van der Waals surface area contributed by atoms with Gasteiger partial charge in [0, 0.05) is 13.2 Å². The number of aliphatic hydroxyl groups excluding tert-OH is 1. The standard InChI is InChI=1S/C16H28O3S/c1-15(5-2-3-8-18-15)14(17)13-4-9-19-16(12-13)6-10-20-11-7-16/h13-14,17H,2-12H2,1H3. The van der Waals surface area contributed by atoms with Gasteiger partial charge in [-0.15, -0.1) is 0 Å². The molecule has 0 aromatic rings. The molecule has 3 aliphatic rings. The molecule has 3 fully saturated rings. The maximum atomic E-state index is 10.9. The molecule has 0 radical (unpaired) electrons. The fourth-order valence-corrected chi connectivity index (χ4v) is 5.35. The van der Waals surface area contributed by atoms with Crippen molar-refractivity contribution < 1.29 is 14.6 Å². The van der Waals surface area contributed by atoms with Crippen LogP contribution in [0.2, 0.25) is 0 Å². The zero-order valence-electron chi connectivity index (χ0n) is 12.6. The van der Waals surface area contributed by atoms with Gasteiger partial charge in [-0.25, -0.2) is 0 Å². The van der Waals surface area contributed by atoms with Gasteiger partial charge in [-0.2, -0.15) is 11.8 Å². The monoisotopic (exact) mass is 300 g/mol. The number of thioether (sulfide) groups is 1. The molecular formula is C16H28O3S. The van der Waals surface area contributed by atoms with E-state index in [0.29, 0.717) is 5.92 Å². The number of hydrogen-bond acceptors (Lipinski definition) is 4. The summed E-state index contributed by atoms with van der Waals surface area (Å²) in [6, 6.07) is 0. The minimum absolute atomic E-state index is 0.0557. The van der Waals surface area contributed by atoms with Crippen LogP contribution < -0.4 is 0 Å². The lowest BCUT2D eigenvalue weighted by molar-refractivity contribution is -0.184. The number of hydrogen-bond donors (Lipinski definition) is 1. The highest BCUT2D eigenvalue weighted by molar-refractivity contribution is 7.99. The van der Waals surface area contributed by atoms with Crippen LogP contribution in [0.5, 0.6) is 0 Å². The summed E-state index contributed by atoms with van der Waals surface area (Å²) in [5.41, 5.74) is -0.273. The number of aliphatic hydroxyl groups is 1. The third-order valence-corrected chi connectivity index (χ3v) is 6.49. The smallest absolute Gasteiger partial charge is 0.0914 e. The van der Waals surface area contributed by atoms with Crippen molar-refractivity contribution in [2.24, 2.45) is 5.92 Å². The molecule has 4 heteroatoms. The van der Waals surface area contributed by atoms with Crippen LogP contribution in [0.25, 0.3) is 0 Å². The SMILES string of the molecule is CC1(C(O)C2CCOC3(CCSCC3)C2)CCCCO1. The van der Waals surface area contributed by atoms with Crippen molar-refractivity contribution in [1.29, 1.82) is 0 Å². The molecule has 0 amide bonds. The Kier molecular flexibility index (Phi) is 4.66. The topological polar surface area (TPSA) is 38.7 Å². The minimum Gasteiger partial charge on any atom is -0.390 e. The fourth-order valence-electron chi connectivity index (χ4n) is 4.11. The van der Waals surface area contributed by atoms with Crippen LogP contribution in [0.4, 0.5) is 0 Å². The Morgan fingerprint density at radius 2 is 1.90 bits per heavy atom. The maximum Gasteiger partial charge on any atom is 0.0914 e. The summed E-state index contributed by atoms with van der Waals surface area (Å²) in [6.07, 6.45) is 7.28. The lowest BCUT2D eigenvalue weighted by atomic mass is 9.74. The van der Waals surface area contributed by atoms with Crippen LogP contribution in [-0.4, -0.2) is 47.1 Å². The first-order chi connectivity index (χ1) is 9.64. The van der Waals surface area contributed by atoms with Crippen molar-refractivity contribution in [2.75, 3.05) is 24.7 Å². The lowest BCUT2D eigenvalue weighted by Crippen LogP contribution is -2.53. The second kappa shape index (κ2) is 6.15. The molecule has 0 bridgehead atoms. The zero-order valence-corrected chi connectivity index (χ0v) is 13.4. The molecule has 3 nitrogen and oxygen atoms in total. The van der Waals surface area contributed by atoms with Crippen LogP contribution in [0, 0.1) is 5.92 Å². The second-order valence-corrected chi connectivity index (χ2v) is 8.18. The van der Waals surface area contributed by atoms with E-state index in [0.717, 1.165) is 51.7 Å². The highest BCUT2D eigenvalue weighted by Crippen LogP contribution is 2.43. The molecule has 0 aromatic carbocycles. The van der Waals surface area contributed by atoms with Gasteiger partial charge in [-0.3, -0.25) is 0 Å². The average molecular weight is 300 g/mol. The van der Waals surface area contributed by atoms with Crippen molar-refractivity contribution >= 4 is 11.8 Å². The van der Waals surface area contributed by atoms with E-state index in [9.17, 15) is 5.11 Å². The molecule has 0 saturated carbocycles. The summed E-state index contributed by atoms with van der Waals surface area (Å²) in [5, 5.41) is 10.9. The Bertz CT molecular complexity index is 303. The van der Waals surface area contributed by atoms with Crippen molar-refractivity contribution in [3.8, 4) is 0 Å². The molecule has 3 saturated heterocycles. The van der Waals surface area contributed by atoms with Gasteiger partial charge in [0.15, 0.2) is 0 Å². The van der Waals surface area contributed by atoms with E-state index in [4.69, 9.17) is 9.47 Å². The Labute approximate surface area is 126 Å². The largest absolute Gasteiger partial charge is 0.390 e. The lowest BCUT2D eigenvalue weighted by Gasteiger charge is -2.48. The highest BCUT2D eigenvalue weighted by atomic mass is 32.2. The first-order valence-corrected chi connectivity index (χ1v) is 9.33. The van der Waals surface area contributed by atoms with Gasteiger partial charge in [0.2, 0.25) is 0 Å². The van der Waals surface area contributed by atoms with E-state index in [1.165, 1.54) is 17.9 Å². The first kappa shape index (κ1) is 15.1. The molecule has 1 spiro atoms. The number of rotatable bonds is 2. The third kappa shape index (κ3) is 3.03. The second-order valence-electron chi connectivity index (χ2n) is 6.96. The summed E-state index contributed by atoms with van der Waals surface area (Å²) in [7, 11) is 0. The Morgan fingerprint density at radius 3 is 2.60 bits per heavy atom. The number of ether oxygens (including phenoxy) is 2.